The molecule has 114 valence electrons. The van der Waals surface area contributed by atoms with Crippen molar-refractivity contribution in [1.29, 1.82) is 0 Å². The van der Waals surface area contributed by atoms with E-state index in [1.54, 1.807) is 6.07 Å². The second-order valence-electron chi connectivity index (χ2n) is 7.15. The van der Waals surface area contributed by atoms with E-state index in [0.717, 1.165) is 24.8 Å². The van der Waals surface area contributed by atoms with Crippen LogP contribution in [0.15, 0.2) is 24.3 Å². The van der Waals surface area contributed by atoms with Gasteiger partial charge in [-0.1, -0.05) is 26.0 Å². The van der Waals surface area contributed by atoms with Crippen LogP contribution in [0.4, 0.5) is 4.39 Å². The molecular weight excluding hydrogens is 267 g/mol. The normalized spacial score (nSPS) is 31.9. The Morgan fingerprint density at radius 1 is 1.38 bits per heavy atom. The molecule has 1 heterocycles. The molecule has 1 saturated heterocycles. The maximum absolute atomic E-state index is 13.5. The van der Waals surface area contributed by atoms with E-state index >= 15 is 0 Å². The van der Waals surface area contributed by atoms with Gasteiger partial charge in [0, 0.05) is 6.04 Å². The molecule has 1 aliphatic heterocycles. The van der Waals surface area contributed by atoms with Gasteiger partial charge in [-0.15, -0.1) is 0 Å². The lowest BCUT2D eigenvalue weighted by atomic mass is 9.91. The van der Waals surface area contributed by atoms with Crippen molar-refractivity contribution in [3.8, 4) is 0 Å². The summed E-state index contributed by atoms with van der Waals surface area (Å²) in [6.07, 6.45) is 2.96. The summed E-state index contributed by atoms with van der Waals surface area (Å²) < 4.78 is 13.5. The van der Waals surface area contributed by atoms with E-state index in [-0.39, 0.29) is 35.4 Å². The van der Waals surface area contributed by atoms with E-state index in [4.69, 9.17) is 0 Å². The van der Waals surface area contributed by atoms with E-state index in [2.05, 4.69) is 19.2 Å². The van der Waals surface area contributed by atoms with Gasteiger partial charge >= 0.3 is 0 Å². The number of nitrogens with one attached hydrogen (secondary N) is 1. The van der Waals surface area contributed by atoms with Crippen molar-refractivity contribution in [3.63, 3.8) is 0 Å². The van der Waals surface area contributed by atoms with Crippen molar-refractivity contribution >= 4 is 5.91 Å². The highest BCUT2D eigenvalue weighted by atomic mass is 19.1. The van der Waals surface area contributed by atoms with Gasteiger partial charge in [0.05, 0.1) is 6.04 Å². The lowest BCUT2D eigenvalue weighted by Gasteiger charge is -2.31. The average molecular weight is 290 g/mol. The first-order valence-corrected chi connectivity index (χ1v) is 7.71. The molecule has 0 spiro atoms. The molecule has 21 heavy (non-hydrogen) atoms. The van der Waals surface area contributed by atoms with E-state index in [9.17, 15) is 9.18 Å². The van der Waals surface area contributed by atoms with Crippen LogP contribution in [0.5, 0.6) is 0 Å². The topological polar surface area (TPSA) is 32.3 Å². The molecule has 3 nitrogen and oxygen atoms in total. The Morgan fingerprint density at radius 2 is 2.14 bits per heavy atom. The van der Waals surface area contributed by atoms with Gasteiger partial charge in [-0.2, -0.15) is 0 Å². The summed E-state index contributed by atoms with van der Waals surface area (Å²) in [4.78, 5) is 14.5. The first kappa shape index (κ1) is 14.5. The molecule has 1 aromatic rings. The molecule has 0 aromatic heterocycles. The van der Waals surface area contributed by atoms with E-state index in [1.807, 2.05) is 17.9 Å². The molecule has 3 rings (SSSR count). The van der Waals surface area contributed by atoms with Gasteiger partial charge in [0.2, 0.25) is 5.91 Å². The largest absolute Gasteiger partial charge is 0.319 e. The summed E-state index contributed by atoms with van der Waals surface area (Å²) in [7, 11) is 0. The van der Waals surface area contributed by atoms with Crippen LogP contribution in [-0.2, 0) is 4.79 Å². The fourth-order valence-electron chi connectivity index (χ4n) is 3.70. The molecule has 1 N–H and O–H groups in total. The Morgan fingerprint density at radius 3 is 2.76 bits per heavy atom. The van der Waals surface area contributed by atoms with E-state index in [1.165, 1.54) is 12.1 Å². The van der Waals surface area contributed by atoms with Crippen molar-refractivity contribution in [2.24, 2.45) is 5.41 Å². The summed E-state index contributed by atoms with van der Waals surface area (Å²) in [5.41, 5.74) is 1.11. The molecule has 1 aliphatic carbocycles. The number of carbonyl (C=O) groups is 1. The van der Waals surface area contributed by atoms with Crippen LogP contribution in [0.2, 0.25) is 0 Å². The van der Waals surface area contributed by atoms with Gasteiger partial charge in [0.15, 0.2) is 0 Å². The van der Waals surface area contributed by atoms with Crippen LogP contribution >= 0.6 is 0 Å². The highest BCUT2D eigenvalue weighted by Crippen LogP contribution is 2.42. The second-order valence-corrected chi connectivity index (χ2v) is 7.15. The molecule has 0 bridgehead atoms. The van der Waals surface area contributed by atoms with Gasteiger partial charge in [-0.25, -0.2) is 4.39 Å². The fourth-order valence-corrected chi connectivity index (χ4v) is 3.70. The predicted octanol–water partition coefficient (Wildman–Crippen LogP) is 3.22. The van der Waals surface area contributed by atoms with E-state index in [0.29, 0.717) is 0 Å². The Balaban J connectivity index is 1.90. The number of benzene rings is 1. The van der Waals surface area contributed by atoms with Gasteiger partial charge in [-0.05, 0) is 49.3 Å². The molecule has 3 unspecified atom stereocenters. The number of carbonyl (C=O) groups excluding carboxylic acids is 1. The number of rotatable bonds is 2. The van der Waals surface area contributed by atoms with Gasteiger partial charge in [0.25, 0.3) is 0 Å². The first-order chi connectivity index (χ1) is 9.87. The zero-order chi connectivity index (χ0) is 15.2. The minimum Gasteiger partial charge on any atom is -0.319 e. The van der Waals surface area contributed by atoms with Crippen molar-refractivity contribution in [2.75, 3.05) is 0 Å². The predicted molar refractivity (Wildman–Crippen MR) is 80.0 cm³/mol. The third-order valence-corrected chi connectivity index (χ3v) is 4.81. The summed E-state index contributed by atoms with van der Waals surface area (Å²) in [6.45, 7) is 6.39. The summed E-state index contributed by atoms with van der Waals surface area (Å²) >= 11 is 0. The Labute approximate surface area is 125 Å². The van der Waals surface area contributed by atoms with Gasteiger partial charge in [-0.3, -0.25) is 10.1 Å². The highest BCUT2D eigenvalue weighted by molar-refractivity contribution is 5.84. The van der Waals surface area contributed by atoms with Crippen LogP contribution in [0.1, 0.15) is 51.8 Å². The zero-order valence-electron chi connectivity index (χ0n) is 12.9. The van der Waals surface area contributed by atoms with Crippen LogP contribution in [0.3, 0.4) is 0 Å². The van der Waals surface area contributed by atoms with Gasteiger partial charge in [0.1, 0.15) is 12.0 Å². The summed E-state index contributed by atoms with van der Waals surface area (Å²) in [5.74, 6) is -0.125. The minimum absolute atomic E-state index is 0.131. The van der Waals surface area contributed by atoms with Crippen molar-refractivity contribution in [3.05, 3.63) is 35.6 Å². The second kappa shape index (κ2) is 5.09. The smallest absolute Gasteiger partial charge is 0.241 e. The third-order valence-electron chi connectivity index (χ3n) is 4.81. The number of hydrogen-bond donors (Lipinski definition) is 1. The Bertz CT molecular complexity index is 557. The molecule has 1 saturated carbocycles. The monoisotopic (exact) mass is 290 g/mol. The quantitative estimate of drug-likeness (QED) is 0.907. The summed E-state index contributed by atoms with van der Waals surface area (Å²) in [6, 6.07) is 6.60. The maximum Gasteiger partial charge on any atom is 0.241 e. The fraction of sp³-hybridized carbons (Fsp3) is 0.588. The molecule has 1 aromatic carbocycles. The number of halogens is 1. The molecular formula is C17H23FN2O. The maximum atomic E-state index is 13.5. The van der Waals surface area contributed by atoms with Crippen LogP contribution < -0.4 is 5.32 Å². The highest BCUT2D eigenvalue weighted by Gasteiger charge is 2.45. The minimum atomic E-state index is -0.256. The first-order valence-electron chi connectivity index (χ1n) is 7.71. The summed E-state index contributed by atoms with van der Waals surface area (Å²) in [5, 5.41) is 3.31. The Hall–Kier alpha value is -1.42. The molecule has 1 amide bonds. The van der Waals surface area contributed by atoms with E-state index < -0.39 is 0 Å². The zero-order valence-corrected chi connectivity index (χ0v) is 12.9. The number of hydrogen-bond acceptors (Lipinski definition) is 2. The number of nitrogens with zero attached hydrogens (tertiary/aromatic N) is 1. The van der Waals surface area contributed by atoms with Crippen molar-refractivity contribution in [1.82, 2.24) is 10.2 Å². The Kier molecular flexibility index (Phi) is 3.52. The van der Waals surface area contributed by atoms with Crippen molar-refractivity contribution in [2.45, 2.75) is 58.3 Å². The van der Waals surface area contributed by atoms with Crippen LogP contribution in [0, 0.1) is 11.2 Å². The van der Waals surface area contributed by atoms with Gasteiger partial charge < -0.3 is 4.90 Å². The molecule has 2 fully saturated rings. The van der Waals surface area contributed by atoms with Crippen LogP contribution in [-0.4, -0.2) is 22.9 Å². The lowest BCUT2D eigenvalue weighted by Crippen LogP contribution is -2.39. The standard InChI is InChI=1S/C17H23FN2O/c1-11-16(21)20(14-7-8-17(2,3)10-14)15(19-11)12-5-4-6-13(18)9-12/h4-6,9,11,14-15,19H,7-8,10H2,1-3H3. The number of amides is 1. The molecule has 4 heteroatoms. The molecule has 2 aliphatic rings. The average Bonchev–Trinajstić information content (AvgIpc) is 2.91. The SMILES string of the molecule is CC1NC(c2cccc(F)c2)N(C2CCC(C)(C)C2)C1=O. The van der Waals surface area contributed by atoms with Crippen LogP contribution in [0.25, 0.3) is 0 Å². The van der Waals surface area contributed by atoms with Crippen molar-refractivity contribution < 1.29 is 9.18 Å². The third kappa shape index (κ3) is 2.69. The molecule has 0 radical (unpaired) electrons. The lowest BCUT2D eigenvalue weighted by molar-refractivity contribution is -0.132. The molecule has 3 atom stereocenters.